The Morgan fingerprint density at radius 3 is 2.64 bits per heavy atom. The van der Waals surface area contributed by atoms with Gasteiger partial charge >= 0.3 is 0 Å². The first-order valence-corrected chi connectivity index (χ1v) is 5.87. The third-order valence-corrected chi connectivity index (χ3v) is 2.98. The van der Waals surface area contributed by atoms with Gasteiger partial charge in [0.25, 0.3) is 0 Å². The maximum absolute atomic E-state index is 3.80. The van der Waals surface area contributed by atoms with Gasteiger partial charge in [0.05, 0.1) is 0 Å². The molecule has 2 heteroatoms. The molecule has 1 N–H and O–H groups in total. The van der Waals surface area contributed by atoms with Crippen molar-refractivity contribution < 1.29 is 0 Å². The lowest BCUT2D eigenvalue weighted by Gasteiger charge is -2.33. The minimum Gasteiger partial charge on any atom is -0.308 e. The summed E-state index contributed by atoms with van der Waals surface area (Å²) >= 11 is 0. The molecule has 0 aliphatic carbocycles. The lowest BCUT2D eigenvalue weighted by atomic mass is 10.0. The van der Waals surface area contributed by atoms with Crippen molar-refractivity contribution in [3.63, 3.8) is 0 Å². The molecule has 0 radical (unpaired) electrons. The van der Waals surface area contributed by atoms with Crippen LogP contribution in [0.15, 0.2) is 12.7 Å². The monoisotopic (exact) mass is 196 g/mol. The van der Waals surface area contributed by atoms with Crippen molar-refractivity contribution in [2.75, 3.05) is 19.6 Å². The maximum atomic E-state index is 3.80. The van der Waals surface area contributed by atoms with Crippen LogP contribution in [0.5, 0.6) is 0 Å². The van der Waals surface area contributed by atoms with Gasteiger partial charge in [0.2, 0.25) is 0 Å². The van der Waals surface area contributed by atoms with Crippen LogP contribution in [-0.4, -0.2) is 36.6 Å². The normalized spacial score (nSPS) is 22.1. The number of likely N-dealkylation sites (tertiary alicyclic amines) is 1. The molecule has 14 heavy (non-hydrogen) atoms. The van der Waals surface area contributed by atoms with Gasteiger partial charge in [-0.2, -0.15) is 0 Å². The molecule has 1 fully saturated rings. The van der Waals surface area contributed by atoms with Crippen molar-refractivity contribution in [1.29, 1.82) is 0 Å². The zero-order valence-corrected chi connectivity index (χ0v) is 9.63. The molecule has 0 saturated carbocycles. The number of nitrogens with one attached hydrogen (secondary N) is 1. The topological polar surface area (TPSA) is 15.3 Å². The fraction of sp³-hybridized carbons (Fsp3) is 0.833. The van der Waals surface area contributed by atoms with Gasteiger partial charge in [-0.15, -0.1) is 6.58 Å². The Kier molecular flexibility index (Phi) is 5.20. The summed E-state index contributed by atoms with van der Waals surface area (Å²) in [5, 5.41) is 3.59. The molecule has 0 aromatic rings. The predicted molar refractivity (Wildman–Crippen MR) is 62.5 cm³/mol. The van der Waals surface area contributed by atoms with Gasteiger partial charge in [0.1, 0.15) is 0 Å². The number of piperidine rings is 1. The van der Waals surface area contributed by atoms with E-state index in [0.29, 0.717) is 12.1 Å². The van der Waals surface area contributed by atoms with Crippen LogP contribution >= 0.6 is 0 Å². The van der Waals surface area contributed by atoms with Crippen molar-refractivity contribution in [2.24, 2.45) is 0 Å². The summed E-state index contributed by atoms with van der Waals surface area (Å²) in [6.07, 6.45) is 5.84. The molecule has 1 saturated heterocycles. The van der Waals surface area contributed by atoms with Gasteiger partial charge in [-0.25, -0.2) is 0 Å². The molecule has 0 spiro atoms. The summed E-state index contributed by atoms with van der Waals surface area (Å²) in [4.78, 5) is 2.57. The molecular formula is C12H24N2. The number of nitrogens with zero attached hydrogens (tertiary/aromatic N) is 1. The van der Waals surface area contributed by atoms with Gasteiger partial charge in [-0.05, 0) is 45.8 Å². The van der Waals surface area contributed by atoms with Crippen molar-refractivity contribution in [1.82, 2.24) is 10.2 Å². The molecule has 1 aliphatic heterocycles. The van der Waals surface area contributed by atoms with Crippen molar-refractivity contribution in [3.05, 3.63) is 12.7 Å². The first kappa shape index (κ1) is 11.7. The van der Waals surface area contributed by atoms with Crippen LogP contribution in [-0.2, 0) is 0 Å². The Hall–Kier alpha value is -0.340. The van der Waals surface area contributed by atoms with E-state index in [1.165, 1.54) is 38.9 Å². The maximum Gasteiger partial charge on any atom is 0.0221 e. The number of hydrogen-bond acceptors (Lipinski definition) is 2. The third kappa shape index (κ3) is 3.81. The predicted octanol–water partition coefficient (Wildman–Crippen LogP) is 2.02. The van der Waals surface area contributed by atoms with Crippen LogP contribution in [0.25, 0.3) is 0 Å². The van der Waals surface area contributed by atoms with E-state index < -0.39 is 0 Å². The van der Waals surface area contributed by atoms with Crippen molar-refractivity contribution >= 4 is 0 Å². The summed E-state index contributed by atoms with van der Waals surface area (Å²) in [5.74, 6) is 0. The fourth-order valence-electron chi connectivity index (χ4n) is 2.08. The molecule has 1 aliphatic rings. The minimum atomic E-state index is 0.456. The number of rotatable bonds is 5. The van der Waals surface area contributed by atoms with Crippen LogP contribution in [0.1, 0.15) is 33.1 Å². The zero-order valence-electron chi connectivity index (χ0n) is 9.63. The van der Waals surface area contributed by atoms with E-state index in [-0.39, 0.29) is 0 Å². The van der Waals surface area contributed by atoms with Gasteiger partial charge in [0, 0.05) is 12.1 Å². The van der Waals surface area contributed by atoms with Crippen molar-refractivity contribution in [3.8, 4) is 0 Å². The molecule has 0 amide bonds. The first-order valence-electron chi connectivity index (χ1n) is 5.87. The highest BCUT2D eigenvalue weighted by Gasteiger charge is 2.18. The highest BCUT2D eigenvalue weighted by molar-refractivity contribution is 4.86. The van der Waals surface area contributed by atoms with Gasteiger partial charge in [0.15, 0.2) is 0 Å². The molecule has 1 unspecified atom stereocenters. The fourth-order valence-corrected chi connectivity index (χ4v) is 2.08. The van der Waals surface area contributed by atoms with Gasteiger partial charge in [-0.1, -0.05) is 13.0 Å². The van der Waals surface area contributed by atoms with Gasteiger partial charge in [-0.3, -0.25) is 0 Å². The standard InChI is InChI=1S/C12H24N2/c1-4-8-14-9-6-12(7-10-14)13-11(3)5-2/h5,11-13H,2,4,6-10H2,1,3H3. The van der Waals surface area contributed by atoms with E-state index in [2.05, 4.69) is 30.6 Å². The lowest BCUT2D eigenvalue weighted by Crippen LogP contribution is -2.45. The summed E-state index contributed by atoms with van der Waals surface area (Å²) in [5.41, 5.74) is 0. The first-order chi connectivity index (χ1) is 6.76. The quantitative estimate of drug-likeness (QED) is 0.677. The molecule has 1 heterocycles. The van der Waals surface area contributed by atoms with Crippen LogP contribution in [0, 0.1) is 0 Å². The second-order valence-electron chi connectivity index (χ2n) is 4.31. The van der Waals surface area contributed by atoms with E-state index in [4.69, 9.17) is 0 Å². The largest absolute Gasteiger partial charge is 0.308 e. The smallest absolute Gasteiger partial charge is 0.0221 e. The minimum absolute atomic E-state index is 0.456. The average molecular weight is 196 g/mol. The molecule has 1 rings (SSSR count). The third-order valence-electron chi connectivity index (χ3n) is 2.98. The van der Waals surface area contributed by atoms with E-state index in [9.17, 15) is 0 Å². The second-order valence-corrected chi connectivity index (χ2v) is 4.31. The molecule has 0 bridgehead atoms. The molecule has 0 aromatic heterocycles. The zero-order chi connectivity index (χ0) is 10.4. The Balaban J connectivity index is 2.18. The highest BCUT2D eigenvalue weighted by atomic mass is 15.1. The summed E-state index contributed by atoms with van der Waals surface area (Å²) in [6.45, 7) is 12.0. The molecule has 82 valence electrons. The lowest BCUT2D eigenvalue weighted by molar-refractivity contribution is 0.195. The SMILES string of the molecule is C=CC(C)NC1CCN(CCC)CC1. The highest BCUT2D eigenvalue weighted by Crippen LogP contribution is 2.11. The summed E-state index contributed by atoms with van der Waals surface area (Å²) in [6, 6.07) is 1.16. The summed E-state index contributed by atoms with van der Waals surface area (Å²) < 4.78 is 0. The van der Waals surface area contributed by atoms with E-state index in [0.717, 1.165) is 0 Å². The second kappa shape index (κ2) is 6.20. The molecular weight excluding hydrogens is 172 g/mol. The van der Waals surface area contributed by atoms with Crippen molar-refractivity contribution in [2.45, 2.75) is 45.2 Å². The molecule has 2 nitrogen and oxygen atoms in total. The Bertz CT molecular complexity index is 160. The Morgan fingerprint density at radius 2 is 2.14 bits per heavy atom. The molecule has 0 aromatic carbocycles. The van der Waals surface area contributed by atoms with Crippen LogP contribution in [0.4, 0.5) is 0 Å². The molecule has 1 atom stereocenters. The Morgan fingerprint density at radius 1 is 1.50 bits per heavy atom. The van der Waals surface area contributed by atoms with Crippen LogP contribution < -0.4 is 5.32 Å². The van der Waals surface area contributed by atoms with Crippen LogP contribution in [0.2, 0.25) is 0 Å². The van der Waals surface area contributed by atoms with Crippen LogP contribution in [0.3, 0.4) is 0 Å². The Labute approximate surface area is 88.4 Å². The number of hydrogen-bond donors (Lipinski definition) is 1. The average Bonchev–Trinajstić information content (AvgIpc) is 2.21. The van der Waals surface area contributed by atoms with E-state index >= 15 is 0 Å². The van der Waals surface area contributed by atoms with E-state index in [1.54, 1.807) is 0 Å². The van der Waals surface area contributed by atoms with E-state index in [1.807, 2.05) is 6.08 Å². The van der Waals surface area contributed by atoms with Gasteiger partial charge < -0.3 is 10.2 Å². The summed E-state index contributed by atoms with van der Waals surface area (Å²) in [7, 11) is 0.